The summed E-state index contributed by atoms with van der Waals surface area (Å²) in [6, 6.07) is -0.178. The average molecular weight is 270 g/mol. The van der Waals surface area contributed by atoms with Gasteiger partial charge in [0, 0.05) is 12.6 Å². The van der Waals surface area contributed by atoms with E-state index in [4.69, 9.17) is 0 Å². The van der Waals surface area contributed by atoms with Crippen molar-refractivity contribution in [2.75, 3.05) is 6.54 Å². The average Bonchev–Trinajstić information content (AvgIpc) is 2.74. The highest BCUT2D eigenvalue weighted by atomic mass is 16.4. The minimum Gasteiger partial charge on any atom is -0.480 e. The maximum atomic E-state index is 12.3. The molecule has 2 N–H and O–H groups in total. The molecule has 0 saturated carbocycles. The summed E-state index contributed by atoms with van der Waals surface area (Å²) in [6.07, 6.45) is 3.28. The lowest BCUT2D eigenvalue weighted by Gasteiger charge is -2.33. The highest BCUT2D eigenvalue weighted by Crippen LogP contribution is 2.29. The van der Waals surface area contributed by atoms with E-state index in [1.165, 1.54) is 4.90 Å². The fourth-order valence-corrected chi connectivity index (χ4v) is 2.90. The third-order valence-corrected chi connectivity index (χ3v) is 4.45. The van der Waals surface area contributed by atoms with Gasteiger partial charge in [-0.05, 0) is 32.6 Å². The molecule has 2 unspecified atom stereocenters. The number of amides is 2. The first-order chi connectivity index (χ1) is 8.86. The van der Waals surface area contributed by atoms with Crippen molar-refractivity contribution in [2.24, 2.45) is 5.92 Å². The molecule has 2 amide bonds. The fourth-order valence-electron chi connectivity index (χ4n) is 2.90. The highest BCUT2D eigenvalue weighted by molar-refractivity contribution is 5.86. The van der Waals surface area contributed by atoms with E-state index in [-0.39, 0.29) is 12.1 Å². The zero-order valence-corrected chi connectivity index (χ0v) is 12.4. The van der Waals surface area contributed by atoms with Gasteiger partial charge in [-0.1, -0.05) is 26.7 Å². The third kappa shape index (κ3) is 3.19. The number of carbonyl (C=O) groups excluding carboxylic acids is 1. The Morgan fingerprint density at radius 2 is 1.95 bits per heavy atom. The maximum Gasteiger partial charge on any atom is 0.329 e. The summed E-state index contributed by atoms with van der Waals surface area (Å²) < 4.78 is 0. The second-order valence-electron chi connectivity index (χ2n) is 5.65. The molecule has 1 saturated heterocycles. The lowest BCUT2D eigenvalue weighted by Crippen LogP contribution is -2.56. The number of aliphatic carboxylic acids is 1. The van der Waals surface area contributed by atoms with Gasteiger partial charge in [-0.3, -0.25) is 0 Å². The number of rotatable bonds is 5. The van der Waals surface area contributed by atoms with Gasteiger partial charge in [0.15, 0.2) is 0 Å². The molecule has 0 aromatic carbocycles. The number of hydrogen-bond donors (Lipinski definition) is 2. The standard InChI is InChI=1S/C14H26N2O3/c1-5-11(6-2)10(3)15-13(19)16-9-7-8-14(16,4)12(17)18/h10-11H,5-9H2,1-4H3,(H,15,19)(H,17,18). The van der Waals surface area contributed by atoms with Crippen LogP contribution in [0.2, 0.25) is 0 Å². The smallest absolute Gasteiger partial charge is 0.329 e. The number of likely N-dealkylation sites (tertiary alicyclic amines) is 1. The van der Waals surface area contributed by atoms with Gasteiger partial charge in [0.2, 0.25) is 0 Å². The van der Waals surface area contributed by atoms with Crippen molar-refractivity contribution in [1.82, 2.24) is 10.2 Å². The largest absolute Gasteiger partial charge is 0.480 e. The van der Waals surface area contributed by atoms with E-state index in [2.05, 4.69) is 19.2 Å². The van der Waals surface area contributed by atoms with Crippen molar-refractivity contribution in [2.45, 2.75) is 65.0 Å². The van der Waals surface area contributed by atoms with Crippen LogP contribution in [0.25, 0.3) is 0 Å². The van der Waals surface area contributed by atoms with E-state index in [1.807, 2.05) is 6.92 Å². The second kappa shape index (κ2) is 6.26. The predicted molar refractivity (Wildman–Crippen MR) is 74.0 cm³/mol. The van der Waals surface area contributed by atoms with E-state index in [0.29, 0.717) is 18.9 Å². The Labute approximate surface area is 115 Å². The normalized spacial score (nSPS) is 24.6. The number of carbonyl (C=O) groups is 2. The van der Waals surface area contributed by atoms with Crippen LogP contribution in [0.15, 0.2) is 0 Å². The monoisotopic (exact) mass is 270 g/mol. The van der Waals surface area contributed by atoms with E-state index in [9.17, 15) is 14.7 Å². The molecule has 0 aromatic rings. The fraction of sp³-hybridized carbons (Fsp3) is 0.857. The van der Waals surface area contributed by atoms with Crippen LogP contribution < -0.4 is 5.32 Å². The van der Waals surface area contributed by atoms with E-state index < -0.39 is 11.5 Å². The number of nitrogens with zero attached hydrogens (tertiary/aromatic N) is 1. The number of urea groups is 1. The molecule has 5 heteroatoms. The van der Waals surface area contributed by atoms with Crippen LogP contribution in [0, 0.1) is 5.92 Å². The second-order valence-corrected chi connectivity index (χ2v) is 5.65. The molecule has 110 valence electrons. The predicted octanol–water partition coefficient (Wildman–Crippen LogP) is 2.46. The van der Waals surface area contributed by atoms with Gasteiger partial charge in [0.25, 0.3) is 0 Å². The van der Waals surface area contributed by atoms with Crippen molar-refractivity contribution < 1.29 is 14.7 Å². The van der Waals surface area contributed by atoms with Crippen molar-refractivity contribution in [3.63, 3.8) is 0 Å². The van der Waals surface area contributed by atoms with E-state index in [0.717, 1.165) is 19.3 Å². The molecule has 0 spiro atoms. The summed E-state index contributed by atoms with van der Waals surface area (Å²) in [7, 11) is 0. The first-order valence-corrected chi connectivity index (χ1v) is 7.18. The summed E-state index contributed by atoms with van der Waals surface area (Å²) in [6.45, 7) is 8.35. The molecule has 0 aliphatic carbocycles. The Kier molecular flexibility index (Phi) is 5.20. The first-order valence-electron chi connectivity index (χ1n) is 7.18. The van der Waals surface area contributed by atoms with Gasteiger partial charge in [-0.25, -0.2) is 9.59 Å². The van der Waals surface area contributed by atoms with Crippen LogP contribution in [0.3, 0.4) is 0 Å². The third-order valence-electron chi connectivity index (χ3n) is 4.45. The Morgan fingerprint density at radius 1 is 1.37 bits per heavy atom. The van der Waals surface area contributed by atoms with Crippen molar-refractivity contribution in [3.05, 3.63) is 0 Å². The first kappa shape index (κ1) is 15.8. The number of hydrogen-bond acceptors (Lipinski definition) is 2. The Hall–Kier alpha value is -1.26. The molecule has 1 heterocycles. The van der Waals surface area contributed by atoms with Crippen LogP contribution in [0.1, 0.15) is 53.4 Å². The minimum atomic E-state index is -1.06. The zero-order valence-electron chi connectivity index (χ0n) is 12.4. The summed E-state index contributed by atoms with van der Waals surface area (Å²) in [4.78, 5) is 25.1. The molecule has 5 nitrogen and oxygen atoms in total. The number of nitrogens with one attached hydrogen (secondary N) is 1. The van der Waals surface area contributed by atoms with Crippen LogP contribution in [-0.2, 0) is 4.79 Å². The molecular weight excluding hydrogens is 244 g/mol. The van der Waals surface area contributed by atoms with E-state index in [1.54, 1.807) is 6.92 Å². The molecule has 1 aliphatic heterocycles. The lowest BCUT2D eigenvalue weighted by atomic mass is 9.95. The summed E-state index contributed by atoms with van der Waals surface area (Å²) in [5.74, 6) is -0.488. The topological polar surface area (TPSA) is 69.6 Å². The maximum absolute atomic E-state index is 12.3. The van der Waals surface area contributed by atoms with Crippen molar-refractivity contribution in [3.8, 4) is 0 Å². The van der Waals surface area contributed by atoms with Gasteiger partial charge < -0.3 is 15.3 Å². The summed E-state index contributed by atoms with van der Waals surface area (Å²) >= 11 is 0. The van der Waals surface area contributed by atoms with E-state index >= 15 is 0 Å². The van der Waals surface area contributed by atoms with Crippen LogP contribution in [0.5, 0.6) is 0 Å². The lowest BCUT2D eigenvalue weighted by molar-refractivity contribution is -0.147. The molecule has 19 heavy (non-hydrogen) atoms. The Balaban J connectivity index is 2.70. The number of carboxylic acid groups (broad SMARTS) is 1. The number of carboxylic acids is 1. The van der Waals surface area contributed by atoms with Gasteiger partial charge in [0.1, 0.15) is 5.54 Å². The van der Waals surface area contributed by atoms with Gasteiger partial charge in [-0.15, -0.1) is 0 Å². The molecule has 2 atom stereocenters. The molecule has 1 aliphatic rings. The molecule has 0 aromatic heterocycles. The molecule has 1 rings (SSSR count). The van der Waals surface area contributed by atoms with Gasteiger partial charge in [0.05, 0.1) is 0 Å². The Bertz CT molecular complexity index is 342. The molecule has 0 radical (unpaired) electrons. The van der Waals surface area contributed by atoms with Gasteiger partial charge >= 0.3 is 12.0 Å². The SMILES string of the molecule is CCC(CC)C(C)NC(=O)N1CCCC1(C)C(=O)O. The molecule has 0 bridgehead atoms. The summed E-state index contributed by atoms with van der Waals surface area (Å²) in [5.41, 5.74) is -1.06. The van der Waals surface area contributed by atoms with Crippen molar-refractivity contribution in [1.29, 1.82) is 0 Å². The van der Waals surface area contributed by atoms with Crippen LogP contribution in [-0.4, -0.2) is 40.1 Å². The van der Waals surface area contributed by atoms with Crippen LogP contribution in [0.4, 0.5) is 4.79 Å². The summed E-state index contributed by atoms with van der Waals surface area (Å²) in [5, 5.41) is 12.3. The van der Waals surface area contributed by atoms with Crippen molar-refractivity contribution >= 4 is 12.0 Å². The Morgan fingerprint density at radius 3 is 2.42 bits per heavy atom. The van der Waals surface area contributed by atoms with Crippen LogP contribution >= 0.6 is 0 Å². The molecule has 1 fully saturated rings. The molecular formula is C14H26N2O3. The minimum absolute atomic E-state index is 0.0705. The van der Waals surface area contributed by atoms with Gasteiger partial charge in [-0.2, -0.15) is 0 Å². The zero-order chi connectivity index (χ0) is 14.6. The quantitative estimate of drug-likeness (QED) is 0.806. The highest BCUT2D eigenvalue weighted by Gasteiger charge is 2.46.